The van der Waals surface area contributed by atoms with Crippen molar-refractivity contribution >= 4 is 23.1 Å². The molecule has 1 saturated heterocycles. The summed E-state index contributed by atoms with van der Waals surface area (Å²) in [6, 6.07) is 20.7. The van der Waals surface area contributed by atoms with E-state index >= 15 is 0 Å². The molecule has 1 aliphatic heterocycles. The van der Waals surface area contributed by atoms with Crippen LogP contribution in [0, 0.1) is 0 Å². The Kier molecular flexibility index (Phi) is 6.88. The average Bonchev–Trinajstić information content (AvgIpc) is 3.14. The lowest BCUT2D eigenvalue weighted by atomic mass is 9.84. The number of anilines is 1. The predicted molar refractivity (Wildman–Crippen MR) is 141 cm³/mol. The zero-order valence-electron chi connectivity index (χ0n) is 21.2. The lowest BCUT2D eigenvalue weighted by Crippen LogP contribution is -2.29. The molecule has 0 saturated carbocycles. The first-order chi connectivity index (χ1) is 17.2. The number of benzene rings is 3. The first-order valence-electron chi connectivity index (χ1n) is 11.9. The van der Waals surface area contributed by atoms with Crippen molar-refractivity contribution in [3.63, 3.8) is 0 Å². The average molecular weight is 486 g/mol. The first kappa shape index (κ1) is 25.0. The number of carbonyl (C=O) groups excluding carboxylic acids is 2. The van der Waals surface area contributed by atoms with Gasteiger partial charge in [-0.3, -0.25) is 14.5 Å². The van der Waals surface area contributed by atoms with Gasteiger partial charge in [0, 0.05) is 16.8 Å². The van der Waals surface area contributed by atoms with Crippen LogP contribution < -0.4 is 14.4 Å². The maximum atomic E-state index is 13.4. The molecule has 0 aliphatic carbocycles. The van der Waals surface area contributed by atoms with Crippen molar-refractivity contribution in [3.8, 4) is 11.5 Å². The largest absolute Gasteiger partial charge is 0.507 e. The van der Waals surface area contributed by atoms with Crippen LogP contribution in [0.1, 0.15) is 50.4 Å². The zero-order chi connectivity index (χ0) is 26.0. The maximum Gasteiger partial charge on any atom is 0.300 e. The number of ether oxygens (including phenoxy) is 2. The Bertz CT molecular complexity index is 1300. The van der Waals surface area contributed by atoms with E-state index in [1.807, 2.05) is 64.1 Å². The second-order valence-corrected chi connectivity index (χ2v) is 9.67. The van der Waals surface area contributed by atoms with Crippen LogP contribution in [-0.4, -0.2) is 30.5 Å². The molecule has 0 bridgehead atoms. The molecule has 1 N–H and O–H groups in total. The Balaban J connectivity index is 1.92. The van der Waals surface area contributed by atoms with Gasteiger partial charge in [-0.1, -0.05) is 51.1 Å². The summed E-state index contributed by atoms with van der Waals surface area (Å²) < 4.78 is 11.1. The van der Waals surface area contributed by atoms with Gasteiger partial charge in [-0.05, 0) is 60.4 Å². The normalized spacial score (nSPS) is 17.4. The molecule has 1 aliphatic rings. The summed E-state index contributed by atoms with van der Waals surface area (Å²) in [6.07, 6.45) is 0. The summed E-state index contributed by atoms with van der Waals surface area (Å²) in [4.78, 5) is 28.2. The van der Waals surface area contributed by atoms with Crippen LogP contribution in [0.5, 0.6) is 11.5 Å². The topological polar surface area (TPSA) is 76.1 Å². The highest BCUT2D eigenvalue weighted by Crippen LogP contribution is 2.43. The van der Waals surface area contributed by atoms with Gasteiger partial charge in [0.25, 0.3) is 11.7 Å². The highest BCUT2D eigenvalue weighted by atomic mass is 16.5. The first-order valence-corrected chi connectivity index (χ1v) is 11.9. The minimum Gasteiger partial charge on any atom is -0.507 e. The van der Waals surface area contributed by atoms with Crippen molar-refractivity contribution in [2.75, 3.05) is 18.6 Å². The standard InChI is InChI=1S/C30H31NO5/c1-6-36-22-15-12-19(13-16-22)26-25(28(33)29(34)31(26)21-10-8-7-9-11-21)27(32)20-14-17-24(35-5)23(18-20)30(2,3)4/h7-18,26,32H,6H2,1-5H3/b27-25-. The molecule has 3 aromatic rings. The van der Waals surface area contributed by atoms with E-state index in [0.29, 0.717) is 34.9 Å². The van der Waals surface area contributed by atoms with Crippen molar-refractivity contribution in [1.82, 2.24) is 0 Å². The molecule has 0 aromatic heterocycles. The number of para-hydroxylation sites is 1. The SMILES string of the molecule is CCOc1ccc(C2/C(=C(/O)c3ccc(OC)c(C(C)(C)C)c3)C(=O)C(=O)N2c2ccccc2)cc1. The van der Waals surface area contributed by atoms with Crippen molar-refractivity contribution in [3.05, 3.63) is 95.1 Å². The summed E-state index contributed by atoms with van der Waals surface area (Å²) >= 11 is 0. The van der Waals surface area contributed by atoms with E-state index < -0.39 is 17.7 Å². The molecular weight excluding hydrogens is 454 g/mol. The molecule has 3 aromatic carbocycles. The summed E-state index contributed by atoms with van der Waals surface area (Å²) in [5.41, 5.74) is 2.35. The van der Waals surface area contributed by atoms with E-state index in [0.717, 1.165) is 5.56 Å². The monoisotopic (exact) mass is 485 g/mol. The fourth-order valence-electron chi connectivity index (χ4n) is 4.51. The summed E-state index contributed by atoms with van der Waals surface area (Å²) in [6.45, 7) is 8.56. The van der Waals surface area contributed by atoms with Crippen LogP contribution in [0.15, 0.2) is 78.4 Å². The fourth-order valence-corrected chi connectivity index (χ4v) is 4.51. The molecule has 186 valence electrons. The van der Waals surface area contributed by atoms with Crippen LogP contribution in [-0.2, 0) is 15.0 Å². The minimum atomic E-state index is -0.803. The Morgan fingerprint density at radius 2 is 1.64 bits per heavy atom. The van der Waals surface area contributed by atoms with Crippen molar-refractivity contribution in [2.24, 2.45) is 0 Å². The van der Waals surface area contributed by atoms with Crippen LogP contribution in [0.2, 0.25) is 0 Å². The van der Waals surface area contributed by atoms with Gasteiger partial charge >= 0.3 is 0 Å². The molecule has 0 radical (unpaired) electrons. The third-order valence-electron chi connectivity index (χ3n) is 6.27. The van der Waals surface area contributed by atoms with Crippen LogP contribution >= 0.6 is 0 Å². The van der Waals surface area contributed by atoms with Crippen molar-refractivity contribution in [1.29, 1.82) is 0 Å². The Labute approximate surface area is 211 Å². The molecule has 1 fully saturated rings. The molecule has 1 amide bonds. The number of methoxy groups -OCH3 is 1. The van der Waals surface area contributed by atoms with Crippen molar-refractivity contribution < 1.29 is 24.2 Å². The van der Waals surface area contributed by atoms with Crippen LogP contribution in [0.25, 0.3) is 5.76 Å². The van der Waals surface area contributed by atoms with E-state index in [4.69, 9.17) is 9.47 Å². The molecule has 0 spiro atoms. The second-order valence-electron chi connectivity index (χ2n) is 9.67. The van der Waals surface area contributed by atoms with E-state index in [1.165, 1.54) is 4.90 Å². The fraction of sp³-hybridized carbons (Fsp3) is 0.267. The highest BCUT2D eigenvalue weighted by Gasteiger charge is 2.47. The third kappa shape index (κ3) is 4.59. The predicted octanol–water partition coefficient (Wildman–Crippen LogP) is 6.02. The van der Waals surface area contributed by atoms with E-state index in [9.17, 15) is 14.7 Å². The lowest BCUT2D eigenvalue weighted by Gasteiger charge is -2.26. The number of aliphatic hydroxyl groups is 1. The Morgan fingerprint density at radius 1 is 0.972 bits per heavy atom. The number of Topliss-reactive ketones (excluding diaryl/α,β-unsaturated/α-hetero) is 1. The van der Waals surface area contributed by atoms with Gasteiger partial charge in [-0.15, -0.1) is 0 Å². The van der Waals surface area contributed by atoms with Gasteiger partial charge in [0.2, 0.25) is 0 Å². The molecule has 6 heteroatoms. The molecule has 6 nitrogen and oxygen atoms in total. The summed E-state index contributed by atoms with van der Waals surface area (Å²) in [5.74, 6) is -0.275. The minimum absolute atomic E-state index is 0.0399. The lowest BCUT2D eigenvalue weighted by molar-refractivity contribution is -0.132. The van der Waals surface area contributed by atoms with E-state index in [1.54, 1.807) is 43.5 Å². The molecule has 36 heavy (non-hydrogen) atoms. The molecule has 1 heterocycles. The Hall–Kier alpha value is -4.06. The number of hydrogen-bond acceptors (Lipinski definition) is 5. The van der Waals surface area contributed by atoms with Gasteiger partial charge in [0.05, 0.1) is 25.3 Å². The summed E-state index contributed by atoms with van der Waals surface area (Å²) in [7, 11) is 1.60. The molecule has 1 atom stereocenters. The number of rotatable bonds is 6. The quantitative estimate of drug-likeness (QED) is 0.263. The van der Waals surface area contributed by atoms with E-state index in [-0.39, 0.29) is 16.7 Å². The molecular formula is C30H31NO5. The molecule has 1 unspecified atom stereocenters. The zero-order valence-corrected chi connectivity index (χ0v) is 21.2. The number of hydrogen-bond donors (Lipinski definition) is 1. The van der Waals surface area contributed by atoms with Crippen LogP contribution in [0.3, 0.4) is 0 Å². The Morgan fingerprint density at radius 3 is 2.22 bits per heavy atom. The van der Waals surface area contributed by atoms with E-state index in [2.05, 4.69) is 0 Å². The van der Waals surface area contributed by atoms with Gasteiger partial charge in [-0.2, -0.15) is 0 Å². The number of ketones is 1. The van der Waals surface area contributed by atoms with Crippen LogP contribution in [0.4, 0.5) is 5.69 Å². The smallest absolute Gasteiger partial charge is 0.300 e. The summed E-state index contributed by atoms with van der Waals surface area (Å²) in [5, 5.41) is 11.5. The number of carbonyl (C=O) groups is 2. The number of amides is 1. The maximum absolute atomic E-state index is 13.4. The van der Waals surface area contributed by atoms with Gasteiger partial charge < -0.3 is 14.6 Å². The number of aliphatic hydroxyl groups excluding tert-OH is 1. The van der Waals surface area contributed by atoms with Gasteiger partial charge in [0.1, 0.15) is 17.3 Å². The number of nitrogens with zero attached hydrogens (tertiary/aromatic N) is 1. The highest BCUT2D eigenvalue weighted by molar-refractivity contribution is 6.51. The van der Waals surface area contributed by atoms with Gasteiger partial charge in [0.15, 0.2) is 0 Å². The van der Waals surface area contributed by atoms with Gasteiger partial charge in [-0.25, -0.2) is 0 Å². The molecule has 4 rings (SSSR count). The third-order valence-corrected chi connectivity index (χ3v) is 6.27. The second kappa shape index (κ2) is 9.90. The van der Waals surface area contributed by atoms with Crippen molar-refractivity contribution in [2.45, 2.75) is 39.2 Å².